The lowest BCUT2D eigenvalue weighted by atomic mass is 10.0. The number of aliphatic carboxylic acids is 1. The van der Waals surface area contributed by atoms with Gasteiger partial charge in [0.25, 0.3) is 5.91 Å². The summed E-state index contributed by atoms with van der Waals surface area (Å²) in [6.07, 6.45) is 2.64. The van der Waals surface area contributed by atoms with Crippen LogP contribution in [0.4, 0.5) is 0 Å². The number of aromatic nitrogens is 2. The quantitative estimate of drug-likeness (QED) is 0.864. The molecule has 0 spiro atoms. The van der Waals surface area contributed by atoms with Gasteiger partial charge in [0.1, 0.15) is 6.04 Å². The van der Waals surface area contributed by atoms with Gasteiger partial charge in [-0.3, -0.25) is 4.79 Å². The van der Waals surface area contributed by atoms with Crippen molar-refractivity contribution in [2.24, 2.45) is 5.92 Å². The molecule has 2 N–H and O–H groups in total. The predicted molar refractivity (Wildman–Crippen MR) is 98.8 cm³/mol. The van der Waals surface area contributed by atoms with Crippen LogP contribution in [0.1, 0.15) is 53.1 Å². The fraction of sp³-hybridized carbons (Fsp3) is 0.450. The molecule has 1 aromatic heterocycles. The molecule has 1 heterocycles. The molecule has 6 nitrogen and oxygen atoms in total. The second-order valence-corrected chi connectivity index (χ2v) is 7.36. The molecule has 26 heavy (non-hydrogen) atoms. The van der Waals surface area contributed by atoms with E-state index in [-0.39, 0.29) is 5.92 Å². The number of amides is 1. The van der Waals surface area contributed by atoms with E-state index < -0.39 is 17.9 Å². The first-order valence-corrected chi connectivity index (χ1v) is 9.01. The largest absolute Gasteiger partial charge is 0.480 e. The maximum atomic E-state index is 12.8. The zero-order chi connectivity index (χ0) is 19.0. The van der Waals surface area contributed by atoms with Crippen molar-refractivity contribution in [3.05, 3.63) is 46.3 Å². The van der Waals surface area contributed by atoms with Gasteiger partial charge in [0, 0.05) is 11.3 Å². The summed E-state index contributed by atoms with van der Waals surface area (Å²) in [4.78, 5) is 24.2. The van der Waals surface area contributed by atoms with Crippen molar-refractivity contribution < 1.29 is 14.7 Å². The number of carbonyl (C=O) groups excluding carboxylic acids is 1. The molecule has 0 radical (unpaired) electrons. The molecular weight excluding hydrogens is 330 g/mol. The van der Waals surface area contributed by atoms with Gasteiger partial charge < -0.3 is 10.4 Å². The number of rotatable bonds is 5. The van der Waals surface area contributed by atoms with Gasteiger partial charge in [0.05, 0.1) is 5.69 Å². The third-order valence-corrected chi connectivity index (χ3v) is 4.95. The van der Waals surface area contributed by atoms with Crippen molar-refractivity contribution in [1.82, 2.24) is 15.1 Å². The first-order valence-electron chi connectivity index (χ1n) is 9.01. The Morgan fingerprint density at radius 2 is 1.96 bits per heavy atom. The molecule has 138 valence electrons. The van der Waals surface area contributed by atoms with Gasteiger partial charge in [0.15, 0.2) is 5.69 Å². The van der Waals surface area contributed by atoms with E-state index in [9.17, 15) is 14.7 Å². The van der Waals surface area contributed by atoms with E-state index in [1.165, 1.54) is 5.56 Å². The van der Waals surface area contributed by atoms with Gasteiger partial charge in [-0.1, -0.05) is 31.5 Å². The predicted octanol–water partition coefficient (Wildman–Crippen LogP) is 2.82. The Hall–Kier alpha value is -2.63. The standard InChI is InChI=1S/C20H25N3O3/c1-11(2)17(20(25)26)21-19(24)18-14-6-5-7-16(14)23(22-18)15-9-8-12(3)10-13(15)4/h8-11,17H,5-7H2,1-4H3,(H,21,24)(H,25,26)/t17-/m1/s1. The van der Waals surface area contributed by atoms with Crippen molar-refractivity contribution in [3.8, 4) is 5.69 Å². The molecule has 1 atom stereocenters. The van der Waals surface area contributed by atoms with Crippen molar-refractivity contribution in [1.29, 1.82) is 0 Å². The molecule has 0 unspecified atom stereocenters. The summed E-state index contributed by atoms with van der Waals surface area (Å²) in [6.45, 7) is 7.63. The van der Waals surface area contributed by atoms with Crippen LogP contribution in [0, 0.1) is 19.8 Å². The number of carboxylic acids is 1. The normalized spacial score (nSPS) is 14.3. The second kappa shape index (κ2) is 6.94. The SMILES string of the molecule is Cc1ccc(-n2nc(C(=O)N[C@@H](C(=O)O)C(C)C)c3c2CCC3)c(C)c1. The summed E-state index contributed by atoms with van der Waals surface area (Å²) in [5, 5.41) is 16.6. The van der Waals surface area contributed by atoms with Crippen LogP contribution in [-0.2, 0) is 17.6 Å². The van der Waals surface area contributed by atoms with Gasteiger partial charge in [0.2, 0.25) is 0 Å². The number of hydrogen-bond donors (Lipinski definition) is 2. The van der Waals surface area contributed by atoms with Crippen molar-refractivity contribution in [2.45, 2.75) is 53.0 Å². The molecule has 6 heteroatoms. The van der Waals surface area contributed by atoms with E-state index >= 15 is 0 Å². The smallest absolute Gasteiger partial charge is 0.326 e. The Balaban J connectivity index is 2.00. The van der Waals surface area contributed by atoms with E-state index in [2.05, 4.69) is 16.5 Å². The molecule has 3 rings (SSSR count). The van der Waals surface area contributed by atoms with Crippen LogP contribution in [0.25, 0.3) is 5.69 Å². The lowest BCUT2D eigenvalue weighted by Crippen LogP contribution is -2.44. The molecular formula is C20H25N3O3. The summed E-state index contributed by atoms with van der Waals surface area (Å²) in [6, 6.07) is 5.22. The Bertz CT molecular complexity index is 867. The minimum atomic E-state index is -1.03. The number of aryl methyl sites for hydroxylation is 2. The highest BCUT2D eigenvalue weighted by molar-refractivity contribution is 5.96. The lowest BCUT2D eigenvalue weighted by Gasteiger charge is -2.17. The Morgan fingerprint density at radius 3 is 2.58 bits per heavy atom. The summed E-state index contributed by atoms with van der Waals surface area (Å²) < 4.78 is 1.86. The van der Waals surface area contributed by atoms with Gasteiger partial charge in [-0.05, 0) is 50.7 Å². The molecule has 0 aliphatic heterocycles. The number of benzene rings is 1. The van der Waals surface area contributed by atoms with E-state index in [0.717, 1.165) is 41.8 Å². The topological polar surface area (TPSA) is 84.2 Å². The first-order chi connectivity index (χ1) is 12.3. The number of nitrogens with zero attached hydrogens (tertiary/aromatic N) is 2. The first kappa shape index (κ1) is 18.2. The van der Waals surface area contributed by atoms with E-state index in [0.29, 0.717) is 5.69 Å². The Kier molecular flexibility index (Phi) is 4.85. The van der Waals surface area contributed by atoms with Crippen LogP contribution in [0.15, 0.2) is 18.2 Å². The van der Waals surface area contributed by atoms with Crippen LogP contribution < -0.4 is 5.32 Å². The maximum absolute atomic E-state index is 12.8. The Labute approximate surface area is 153 Å². The van der Waals surface area contributed by atoms with Gasteiger partial charge in [-0.2, -0.15) is 5.10 Å². The van der Waals surface area contributed by atoms with E-state index in [1.54, 1.807) is 13.8 Å². The van der Waals surface area contributed by atoms with Gasteiger partial charge >= 0.3 is 5.97 Å². The average molecular weight is 355 g/mol. The number of carboxylic acid groups (broad SMARTS) is 1. The number of nitrogens with one attached hydrogen (secondary N) is 1. The summed E-state index contributed by atoms with van der Waals surface area (Å²) in [7, 11) is 0. The number of hydrogen-bond acceptors (Lipinski definition) is 3. The van der Waals surface area contributed by atoms with Crippen molar-refractivity contribution >= 4 is 11.9 Å². The minimum absolute atomic E-state index is 0.203. The van der Waals surface area contributed by atoms with E-state index in [4.69, 9.17) is 0 Å². The fourth-order valence-corrected chi connectivity index (χ4v) is 3.59. The van der Waals surface area contributed by atoms with Gasteiger partial charge in [-0.15, -0.1) is 0 Å². The third-order valence-electron chi connectivity index (χ3n) is 4.95. The van der Waals surface area contributed by atoms with Crippen LogP contribution in [0.5, 0.6) is 0 Å². The molecule has 0 fully saturated rings. The monoisotopic (exact) mass is 355 g/mol. The number of fused-ring (bicyclic) bond motifs is 1. The summed E-state index contributed by atoms with van der Waals surface area (Å²) in [5.74, 6) is -1.64. The van der Waals surface area contributed by atoms with Gasteiger partial charge in [-0.25, -0.2) is 9.48 Å². The molecule has 1 aliphatic rings. The Morgan fingerprint density at radius 1 is 1.23 bits per heavy atom. The average Bonchev–Trinajstić information content (AvgIpc) is 3.14. The second-order valence-electron chi connectivity index (χ2n) is 7.36. The fourth-order valence-electron chi connectivity index (χ4n) is 3.59. The highest BCUT2D eigenvalue weighted by Gasteiger charge is 2.30. The summed E-state index contributed by atoms with van der Waals surface area (Å²) in [5.41, 5.74) is 5.58. The van der Waals surface area contributed by atoms with E-state index in [1.807, 2.05) is 30.7 Å². The lowest BCUT2D eigenvalue weighted by molar-refractivity contribution is -0.140. The zero-order valence-electron chi connectivity index (χ0n) is 15.7. The maximum Gasteiger partial charge on any atom is 0.326 e. The molecule has 2 aromatic rings. The van der Waals surface area contributed by atoms with Crippen molar-refractivity contribution in [3.63, 3.8) is 0 Å². The molecule has 0 saturated carbocycles. The highest BCUT2D eigenvalue weighted by Crippen LogP contribution is 2.29. The molecule has 1 aliphatic carbocycles. The highest BCUT2D eigenvalue weighted by atomic mass is 16.4. The third kappa shape index (κ3) is 3.23. The van der Waals surface area contributed by atoms with Crippen LogP contribution in [0.3, 0.4) is 0 Å². The minimum Gasteiger partial charge on any atom is -0.480 e. The molecule has 1 amide bonds. The van der Waals surface area contributed by atoms with Crippen LogP contribution >= 0.6 is 0 Å². The summed E-state index contributed by atoms with van der Waals surface area (Å²) >= 11 is 0. The molecule has 0 bridgehead atoms. The molecule has 1 aromatic carbocycles. The van der Waals surface area contributed by atoms with Crippen molar-refractivity contribution in [2.75, 3.05) is 0 Å². The molecule has 0 saturated heterocycles. The van der Waals surface area contributed by atoms with Crippen LogP contribution in [-0.4, -0.2) is 32.8 Å². The van der Waals surface area contributed by atoms with Crippen LogP contribution in [0.2, 0.25) is 0 Å². The number of carbonyl (C=O) groups is 2. The zero-order valence-corrected chi connectivity index (χ0v) is 15.7.